The minimum absolute atomic E-state index is 0.350. The van der Waals surface area contributed by atoms with E-state index < -0.39 is 5.63 Å². The number of aromatic nitrogens is 1. The zero-order valence-electron chi connectivity index (χ0n) is 16.1. The van der Waals surface area contributed by atoms with Gasteiger partial charge in [-0.05, 0) is 31.2 Å². The highest BCUT2D eigenvalue weighted by atomic mass is 32.1. The molecule has 0 aliphatic rings. The molecule has 6 nitrogen and oxygen atoms in total. The van der Waals surface area contributed by atoms with Gasteiger partial charge >= 0.3 is 5.63 Å². The van der Waals surface area contributed by atoms with Crippen LogP contribution in [0.1, 0.15) is 11.9 Å². The number of ether oxygens (including phenoxy) is 1. The fourth-order valence-electron chi connectivity index (χ4n) is 2.92. The number of rotatable bonds is 6. The van der Waals surface area contributed by atoms with Gasteiger partial charge in [-0.25, -0.2) is 9.78 Å². The van der Waals surface area contributed by atoms with E-state index in [1.165, 1.54) is 11.3 Å². The molecule has 4 rings (SSSR count). The Hall–Kier alpha value is -3.89. The fraction of sp³-hybridized carbons (Fsp3) is 0.0870. The summed E-state index contributed by atoms with van der Waals surface area (Å²) in [5.41, 5.74) is 2.00. The van der Waals surface area contributed by atoms with Crippen molar-refractivity contribution in [2.75, 3.05) is 11.9 Å². The predicted molar refractivity (Wildman–Crippen MR) is 118 cm³/mol. The molecule has 0 aliphatic heterocycles. The van der Waals surface area contributed by atoms with Gasteiger partial charge in [-0.3, -0.25) is 0 Å². The number of hydrogen-bond donors (Lipinski definition) is 1. The molecule has 2 heterocycles. The van der Waals surface area contributed by atoms with Crippen molar-refractivity contribution in [2.24, 2.45) is 0 Å². The number of nitrogens with zero attached hydrogens (tertiary/aromatic N) is 2. The van der Waals surface area contributed by atoms with Crippen molar-refractivity contribution < 1.29 is 9.15 Å². The lowest BCUT2D eigenvalue weighted by Crippen LogP contribution is -2.03. The summed E-state index contributed by atoms with van der Waals surface area (Å²) >= 11 is 1.29. The number of benzene rings is 2. The van der Waals surface area contributed by atoms with Gasteiger partial charge in [0.05, 0.1) is 23.6 Å². The summed E-state index contributed by atoms with van der Waals surface area (Å²) in [6, 6.07) is 18.7. The average Bonchev–Trinajstić information content (AvgIpc) is 3.25. The van der Waals surface area contributed by atoms with Gasteiger partial charge in [-0.15, -0.1) is 11.3 Å². The van der Waals surface area contributed by atoms with Gasteiger partial charge in [0.1, 0.15) is 28.0 Å². The van der Waals surface area contributed by atoms with E-state index in [9.17, 15) is 10.1 Å². The Morgan fingerprint density at radius 3 is 2.90 bits per heavy atom. The summed E-state index contributed by atoms with van der Waals surface area (Å²) in [5, 5.41) is 15.8. The quantitative estimate of drug-likeness (QED) is 0.340. The summed E-state index contributed by atoms with van der Waals surface area (Å²) in [7, 11) is 0. The Labute approximate surface area is 176 Å². The first kappa shape index (κ1) is 19.4. The molecule has 30 heavy (non-hydrogen) atoms. The van der Waals surface area contributed by atoms with Crippen molar-refractivity contribution in [3.05, 3.63) is 81.6 Å². The Kier molecular flexibility index (Phi) is 5.59. The highest BCUT2D eigenvalue weighted by Crippen LogP contribution is 2.28. The Balaban J connectivity index is 1.64. The highest BCUT2D eigenvalue weighted by molar-refractivity contribution is 7.11. The number of fused-ring (bicyclic) bond motifs is 1. The van der Waals surface area contributed by atoms with Gasteiger partial charge in [0.25, 0.3) is 0 Å². The first-order chi connectivity index (χ1) is 14.7. The molecule has 0 saturated heterocycles. The SMILES string of the molecule is CCOc1ccccc1NC=C(C#N)c1nc(-c2cc3ccccc3oc2=O)cs1. The first-order valence-corrected chi connectivity index (χ1v) is 10.2. The van der Waals surface area contributed by atoms with Crippen LogP contribution < -0.4 is 15.7 Å². The third-order valence-corrected chi connectivity index (χ3v) is 5.21. The van der Waals surface area contributed by atoms with Gasteiger partial charge in [0.15, 0.2) is 0 Å². The molecule has 0 spiro atoms. The van der Waals surface area contributed by atoms with Gasteiger partial charge in [-0.1, -0.05) is 30.3 Å². The van der Waals surface area contributed by atoms with Gasteiger partial charge in [0.2, 0.25) is 0 Å². The maximum atomic E-state index is 12.4. The van der Waals surface area contributed by atoms with Crippen LogP contribution in [0.25, 0.3) is 27.8 Å². The van der Waals surface area contributed by atoms with Crippen LogP contribution in [0.4, 0.5) is 5.69 Å². The smallest absolute Gasteiger partial charge is 0.345 e. The number of thiazole rings is 1. The van der Waals surface area contributed by atoms with Gasteiger partial charge < -0.3 is 14.5 Å². The van der Waals surface area contributed by atoms with Crippen LogP contribution in [0.5, 0.6) is 5.75 Å². The van der Waals surface area contributed by atoms with Crippen molar-refractivity contribution in [1.29, 1.82) is 5.26 Å². The second kappa shape index (κ2) is 8.64. The van der Waals surface area contributed by atoms with Crippen LogP contribution in [0.3, 0.4) is 0 Å². The highest BCUT2D eigenvalue weighted by Gasteiger charge is 2.14. The minimum atomic E-state index is -0.461. The molecule has 2 aromatic carbocycles. The third-order valence-electron chi connectivity index (χ3n) is 4.33. The largest absolute Gasteiger partial charge is 0.492 e. The monoisotopic (exact) mass is 415 g/mol. The average molecular weight is 415 g/mol. The van der Waals surface area contributed by atoms with Crippen LogP contribution in [-0.2, 0) is 0 Å². The maximum Gasteiger partial charge on any atom is 0.345 e. The third kappa shape index (κ3) is 3.95. The molecule has 0 amide bonds. The van der Waals surface area contributed by atoms with Crippen molar-refractivity contribution >= 4 is 33.6 Å². The molecule has 0 unspecified atom stereocenters. The van der Waals surface area contributed by atoms with E-state index >= 15 is 0 Å². The minimum Gasteiger partial charge on any atom is -0.492 e. The molecule has 1 N–H and O–H groups in total. The molecule has 148 valence electrons. The van der Waals surface area contributed by atoms with Gasteiger partial charge in [0, 0.05) is 17.0 Å². The summed E-state index contributed by atoms with van der Waals surface area (Å²) in [6.07, 6.45) is 1.59. The predicted octanol–water partition coefficient (Wildman–Crippen LogP) is 5.29. The summed E-state index contributed by atoms with van der Waals surface area (Å²) < 4.78 is 11.0. The molecular weight excluding hydrogens is 398 g/mol. The van der Waals surface area contributed by atoms with Crippen molar-refractivity contribution in [3.63, 3.8) is 0 Å². The van der Waals surface area contributed by atoms with Crippen LogP contribution in [0.15, 0.2) is 75.4 Å². The lowest BCUT2D eigenvalue weighted by Gasteiger charge is -2.09. The molecule has 0 aliphatic carbocycles. The fourth-order valence-corrected chi connectivity index (χ4v) is 3.71. The second-order valence-electron chi connectivity index (χ2n) is 6.27. The Morgan fingerprint density at radius 2 is 2.07 bits per heavy atom. The molecule has 4 aromatic rings. The number of hydrogen-bond acceptors (Lipinski definition) is 7. The van der Waals surface area contributed by atoms with E-state index in [2.05, 4.69) is 16.4 Å². The summed E-state index contributed by atoms with van der Waals surface area (Å²) in [5.74, 6) is 0.696. The van der Waals surface area contributed by atoms with Crippen LogP contribution in [0.2, 0.25) is 0 Å². The molecule has 0 bridgehead atoms. The maximum absolute atomic E-state index is 12.4. The standard InChI is InChI=1S/C23H17N3O3S/c1-2-28-21-10-6-4-8-18(21)25-13-16(12-24)22-26-19(14-30-22)17-11-15-7-3-5-9-20(15)29-23(17)27/h3-11,13-14,25H,2H2,1H3. The van der Waals surface area contributed by atoms with E-state index in [1.54, 1.807) is 23.7 Å². The normalized spacial score (nSPS) is 11.3. The number of nitrogens with one attached hydrogen (secondary N) is 1. The van der Waals surface area contributed by atoms with Crippen molar-refractivity contribution in [2.45, 2.75) is 6.92 Å². The van der Waals surface area contributed by atoms with E-state index in [0.29, 0.717) is 39.8 Å². The van der Waals surface area contributed by atoms with Crippen LogP contribution >= 0.6 is 11.3 Å². The molecule has 7 heteroatoms. The van der Waals surface area contributed by atoms with E-state index in [1.807, 2.05) is 49.4 Å². The Bertz CT molecular complexity index is 1330. The second-order valence-corrected chi connectivity index (χ2v) is 7.12. The molecule has 0 atom stereocenters. The summed E-state index contributed by atoms with van der Waals surface area (Å²) in [4.78, 5) is 16.9. The summed E-state index contributed by atoms with van der Waals surface area (Å²) in [6.45, 7) is 2.45. The number of anilines is 1. The van der Waals surface area contributed by atoms with Crippen LogP contribution in [0, 0.1) is 11.3 Å². The first-order valence-electron chi connectivity index (χ1n) is 9.27. The number of nitriles is 1. The zero-order chi connectivity index (χ0) is 20.9. The molecule has 2 aromatic heterocycles. The number of allylic oxidation sites excluding steroid dienone is 1. The molecule has 0 radical (unpaired) electrons. The zero-order valence-corrected chi connectivity index (χ0v) is 16.9. The molecule has 0 fully saturated rings. The van der Waals surface area contributed by atoms with Crippen molar-refractivity contribution in [3.8, 4) is 23.1 Å². The van der Waals surface area contributed by atoms with Crippen LogP contribution in [-0.4, -0.2) is 11.6 Å². The lowest BCUT2D eigenvalue weighted by molar-refractivity contribution is 0.342. The van der Waals surface area contributed by atoms with Crippen molar-refractivity contribution in [1.82, 2.24) is 4.98 Å². The topological polar surface area (TPSA) is 88.2 Å². The number of para-hydroxylation sites is 3. The molecular formula is C23H17N3O3S. The van der Waals surface area contributed by atoms with Gasteiger partial charge in [-0.2, -0.15) is 5.26 Å². The van der Waals surface area contributed by atoms with E-state index in [-0.39, 0.29) is 0 Å². The Morgan fingerprint density at radius 1 is 1.27 bits per heavy atom. The molecule has 0 saturated carbocycles. The van der Waals surface area contributed by atoms with E-state index in [0.717, 1.165) is 11.1 Å². The van der Waals surface area contributed by atoms with E-state index in [4.69, 9.17) is 9.15 Å². The lowest BCUT2D eigenvalue weighted by atomic mass is 10.1.